The molecule has 1 nitrogen and oxygen atoms in total. The zero-order valence-electron chi connectivity index (χ0n) is 6.34. The second-order valence-corrected chi connectivity index (χ2v) is 2.79. The van der Waals surface area contributed by atoms with Crippen molar-refractivity contribution in [2.24, 2.45) is 5.73 Å². The highest BCUT2D eigenvalue weighted by Gasteiger charge is 1.92. The molecule has 2 heteroatoms. The zero-order chi connectivity index (χ0) is 8.27. The van der Waals surface area contributed by atoms with Crippen molar-refractivity contribution in [1.82, 2.24) is 0 Å². The summed E-state index contributed by atoms with van der Waals surface area (Å²) in [6.45, 7) is 1.96. The van der Waals surface area contributed by atoms with Crippen LogP contribution >= 0.6 is 11.6 Å². The smallest absolute Gasteiger partial charge is 0.0406 e. The first-order valence-corrected chi connectivity index (χ1v) is 3.76. The average molecular weight is 168 g/mol. The van der Waals surface area contributed by atoms with Gasteiger partial charge in [0.25, 0.3) is 0 Å². The van der Waals surface area contributed by atoms with E-state index in [1.165, 1.54) is 0 Å². The molecule has 2 N–H and O–H groups in total. The lowest BCUT2D eigenvalue weighted by Crippen LogP contribution is -1.84. The van der Waals surface area contributed by atoms with Crippen molar-refractivity contribution in [2.75, 3.05) is 0 Å². The largest absolute Gasteiger partial charge is 0.404 e. The summed E-state index contributed by atoms with van der Waals surface area (Å²) < 4.78 is 0. The van der Waals surface area contributed by atoms with Crippen LogP contribution in [0.25, 0.3) is 5.57 Å². The number of hydrogen-bond acceptors (Lipinski definition) is 1. The van der Waals surface area contributed by atoms with Gasteiger partial charge in [0, 0.05) is 5.02 Å². The maximum atomic E-state index is 5.71. The van der Waals surface area contributed by atoms with Gasteiger partial charge in [-0.2, -0.15) is 0 Å². The van der Waals surface area contributed by atoms with Gasteiger partial charge in [-0.25, -0.2) is 0 Å². The fourth-order valence-electron chi connectivity index (χ4n) is 0.809. The highest BCUT2D eigenvalue weighted by atomic mass is 35.5. The predicted molar refractivity (Wildman–Crippen MR) is 49.3 cm³/mol. The molecule has 1 rings (SSSR count). The second-order valence-electron chi connectivity index (χ2n) is 2.36. The molecule has 0 amide bonds. The monoisotopic (exact) mass is 167 g/mol. The maximum Gasteiger partial charge on any atom is 0.0406 e. The first kappa shape index (κ1) is 8.15. The van der Waals surface area contributed by atoms with Crippen molar-refractivity contribution >= 4 is 17.2 Å². The maximum absolute atomic E-state index is 5.71. The molecule has 0 fully saturated rings. The van der Waals surface area contributed by atoms with Gasteiger partial charge < -0.3 is 5.73 Å². The van der Waals surface area contributed by atoms with E-state index in [4.69, 9.17) is 17.3 Å². The van der Waals surface area contributed by atoms with Crippen LogP contribution in [-0.4, -0.2) is 0 Å². The zero-order valence-corrected chi connectivity index (χ0v) is 7.10. The number of rotatable bonds is 1. The summed E-state index contributed by atoms with van der Waals surface area (Å²) >= 11 is 5.71. The van der Waals surface area contributed by atoms with Gasteiger partial charge in [0.2, 0.25) is 0 Å². The van der Waals surface area contributed by atoms with E-state index in [0.29, 0.717) is 0 Å². The average Bonchev–Trinajstić information content (AvgIpc) is 2.05. The Bertz CT molecular complexity index is 261. The molecule has 0 spiro atoms. The fraction of sp³-hybridized carbons (Fsp3) is 0.111. The quantitative estimate of drug-likeness (QED) is 0.684. The Balaban J connectivity index is 2.99. The lowest BCUT2D eigenvalue weighted by Gasteiger charge is -1.98. The third-order valence-corrected chi connectivity index (χ3v) is 1.80. The normalized spacial score (nSPS) is 11.6. The molecule has 1 aromatic carbocycles. The molecule has 0 radical (unpaired) electrons. The molecule has 58 valence electrons. The Labute approximate surface area is 71.5 Å². The Morgan fingerprint density at radius 3 is 2.36 bits per heavy atom. The molecule has 0 heterocycles. The van der Waals surface area contributed by atoms with E-state index in [9.17, 15) is 0 Å². The standard InChI is InChI=1S/C9H10ClN/c1-7(6-11)8-2-4-9(10)5-3-8/h2-6H,11H2,1H3/b7-6+. The minimum Gasteiger partial charge on any atom is -0.404 e. The molecule has 0 aromatic heterocycles. The van der Waals surface area contributed by atoms with Gasteiger partial charge in [0.05, 0.1) is 0 Å². The van der Waals surface area contributed by atoms with Crippen LogP contribution in [0, 0.1) is 0 Å². The summed E-state index contributed by atoms with van der Waals surface area (Å²) in [6.07, 6.45) is 1.59. The molecule has 0 aliphatic carbocycles. The van der Waals surface area contributed by atoms with Crippen molar-refractivity contribution in [1.29, 1.82) is 0 Å². The first-order chi connectivity index (χ1) is 5.24. The molecule has 0 bridgehead atoms. The number of allylic oxidation sites excluding steroid dienone is 1. The van der Waals surface area contributed by atoms with Gasteiger partial charge in [-0.1, -0.05) is 23.7 Å². The van der Waals surface area contributed by atoms with E-state index in [0.717, 1.165) is 16.2 Å². The van der Waals surface area contributed by atoms with E-state index in [1.807, 2.05) is 31.2 Å². The van der Waals surface area contributed by atoms with Gasteiger partial charge in [-0.3, -0.25) is 0 Å². The first-order valence-electron chi connectivity index (χ1n) is 3.38. The van der Waals surface area contributed by atoms with Crippen molar-refractivity contribution < 1.29 is 0 Å². The third-order valence-electron chi connectivity index (χ3n) is 1.55. The van der Waals surface area contributed by atoms with Gasteiger partial charge in [-0.15, -0.1) is 0 Å². The van der Waals surface area contributed by atoms with E-state index in [1.54, 1.807) is 6.20 Å². The van der Waals surface area contributed by atoms with Crippen LogP contribution in [0.4, 0.5) is 0 Å². The van der Waals surface area contributed by atoms with Crippen LogP contribution in [0.15, 0.2) is 30.5 Å². The van der Waals surface area contributed by atoms with Crippen molar-refractivity contribution in [3.63, 3.8) is 0 Å². The minimum absolute atomic E-state index is 0.749. The van der Waals surface area contributed by atoms with Gasteiger partial charge in [-0.05, 0) is 36.4 Å². The molecule has 1 aromatic rings. The van der Waals surface area contributed by atoms with Crippen molar-refractivity contribution in [3.8, 4) is 0 Å². The Morgan fingerprint density at radius 1 is 1.36 bits per heavy atom. The van der Waals surface area contributed by atoms with Crippen molar-refractivity contribution in [3.05, 3.63) is 41.1 Å². The van der Waals surface area contributed by atoms with Crippen LogP contribution in [0.2, 0.25) is 5.02 Å². The number of nitrogens with two attached hydrogens (primary N) is 1. The summed E-state index contributed by atoms with van der Waals surface area (Å²) in [4.78, 5) is 0. The van der Waals surface area contributed by atoms with Crippen LogP contribution in [0.1, 0.15) is 12.5 Å². The molecular weight excluding hydrogens is 158 g/mol. The molecule has 11 heavy (non-hydrogen) atoms. The molecule has 0 atom stereocenters. The van der Waals surface area contributed by atoms with Crippen LogP contribution < -0.4 is 5.73 Å². The van der Waals surface area contributed by atoms with E-state index < -0.39 is 0 Å². The second kappa shape index (κ2) is 3.44. The Morgan fingerprint density at radius 2 is 1.91 bits per heavy atom. The third kappa shape index (κ3) is 1.99. The predicted octanol–water partition coefficient (Wildman–Crippen LogP) is 2.66. The number of hydrogen-bond donors (Lipinski definition) is 1. The summed E-state index contributed by atoms with van der Waals surface area (Å²) in [5, 5.41) is 0.749. The lowest BCUT2D eigenvalue weighted by atomic mass is 10.1. The van der Waals surface area contributed by atoms with Gasteiger partial charge in [0.15, 0.2) is 0 Å². The minimum atomic E-state index is 0.749. The van der Waals surface area contributed by atoms with Gasteiger partial charge >= 0.3 is 0 Å². The molecular formula is C9H10ClN. The van der Waals surface area contributed by atoms with Crippen LogP contribution in [-0.2, 0) is 0 Å². The summed E-state index contributed by atoms with van der Waals surface area (Å²) in [7, 11) is 0. The summed E-state index contributed by atoms with van der Waals surface area (Å²) in [5.41, 5.74) is 7.51. The number of benzene rings is 1. The van der Waals surface area contributed by atoms with Crippen molar-refractivity contribution in [2.45, 2.75) is 6.92 Å². The highest BCUT2D eigenvalue weighted by molar-refractivity contribution is 6.30. The topological polar surface area (TPSA) is 26.0 Å². The fourth-order valence-corrected chi connectivity index (χ4v) is 0.935. The molecule has 0 saturated carbocycles. The Kier molecular flexibility index (Phi) is 2.55. The van der Waals surface area contributed by atoms with E-state index in [-0.39, 0.29) is 0 Å². The summed E-state index contributed by atoms with van der Waals surface area (Å²) in [5.74, 6) is 0. The van der Waals surface area contributed by atoms with E-state index in [2.05, 4.69) is 0 Å². The van der Waals surface area contributed by atoms with Crippen LogP contribution in [0.3, 0.4) is 0 Å². The highest BCUT2D eigenvalue weighted by Crippen LogP contribution is 2.15. The lowest BCUT2D eigenvalue weighted by molar-refractivity contribution is 1.51. The Hall–Kier alpha value is -0.950. The molecule has 0 saturated heterocycles. The SMILES string of the molecule is C/C(=C\N)c1ccc(Cl)cc1. The summed E-state index contributed by atoms with van der Waals surface area (Å²) in [6, 6.07) is 7.59. The molecule has 0 unspecified atom stereocenters. The van der Waals surface area contributed by atoms with Gasteiger partial charge in [0.1, 0.15) is 0 Å². The van der Waals surface area contributed by atoms with E-state index >= 15 is 0 Å². The molecule has 0 aliphatic rings. The number of halogens is 1. The van der Waals surface area contributed by atoms with Crippen LogP contribution in [0.5, 0.6) is 0 Å². The molecule has 0 aliphatic heterocycles.